The molecule has 0 radical (unpaired) electrons. The van der Waals surface area contributed by atoms with Crippen LogP contribution in [0.3, 0.4) is 0 Å². The molecule has 2 N–H and O–H groups in total. The second-order valence-electron chi connectivity index (χ2n) is 6.47. The van der Waals surface area contributed by atoms with Crippen LogP contribution in [0.5, 0.6) is 5.75 Å². The fourth-order valence-corrected chi connectivity index (χ4v) is 2.82. The van der Waals surface area contributed by atoms with Crippen molar-refractivity contribution in [3.63, 3.8) is 0 Å². The molecule has 0 spiro atoms. The van der Waals surface area contributed by atoms with Crippen molar-refractivity contribution in [2.24, 2.45) is 0 Å². The van der Waals surface area contributed by atoms with Gasteiger partial charge in [0.15, 0.2) is 6.61 Å². The van der Waals surface area contributed by atoms with Crippen LogP contribution in [-0.4, -0.2) is 31.0 Å². The van der Waals surface area contributed by atoms with Gasteiger partial charge in [0.05, 0.1) is 12.2 Å². The molecule has 0 aliphatic carbocycles. The van der Waals surface area contributed by atoms with Gasteiger partial charge in [-0.05, 0) is 53.6 Å². The predicted molar refractivity (Wildman–Crippen MR) is 117 cm³/mol. The first kappa shape index (κ1) is 21.6. The molecule has 3 rings (SSSR count). The summed E-state index contributed by atoms with van der Waals surface area (Å²) in [6, 6.07) is 19.9. The van der Waals surface area contributed by atoms with Gasteiger partial charge in [0.1, 0.15) is 5.75 Å². The van der Waals surface area contributed by atoms with E-state index in [0.717, 1.165) is 16.3 Å². The Balaban J connectivity index is 1.45. The van der Waals surface area contributed by atoms with Crippen molar-refractivity contribution >= 4 is 34.6 Å². The molecule has 7 heteroatoms. The molecule has 0 saturated carbocycles. The highest BCUT2D eigenvalue weighted by atomic mass is 16.5. The Hall–Kier alpha value is -4.13. The average Bonchev–Trinajstić information content (AvgIpc) is 2.80. The quantitative estimate of drug-likeness (QED) is 0.349. The number of hydrogen-bond acceptors (Lipinski definition) is 5. The smallest absolute Gasteiger partial charge is 0.338 e. The molecule has 0 fully saturated rings. The minimum absolute atomic E-state index is 0.292. The first-order chi connectivity index (χ1) is 15.1. The highest BCUT2D eigenvalue weighted by molar-refractivity contribution is 5.97. The molecule has 0 aliphatic rings. The summed E-state index contributed by atoms with van der Waals surface area (Å²) in [4.78, 5) is 35.5. The zero-order valence-electron chi connectivity index (χ0n) is 17.0. The number of esters is 1. The number of amides is 2. The lowest BCUT2D eigenvalue weighted by molar-refractivity contribution is -0.128. The van der Waals surface area contributed by atoms with Crippen LogP contribution >= 0.6 is 0 Å². The molecule has 2 amide bonds. The molecular weight excluding hydrogens is 396 g/mol. The van der Waals surface area contributed by atoms with Crippen LogP contribution in [0.1, 0.15) is 22.8 Å². The van der Waals surface area contributed by atoms with Gasteiger partial charge in [-0.15, -0.1) is 0 Å². The summed E-state index contributed by atoms with van der Waals surface area (Å²) >= 11 is 0. The Morgan fingerprint density at radius 1 is 0.903 bits per heavy atom. The van der Waals surface area contributed by atoms with E-state index in [1.807, 2.05) is 42.5 Å². The number of rotatable bonds is 7. The Morgan fingerprint density at radius 3 is 2.42 bits per heavy atom. The summed E-state index contributed by atoms with van der Waals surface area (Å²) in [7, 11) is 0. The number of ether oxygens (including phenoxy) is 2. The number of hydrogen-bond donors (Lipinski definition) is 2. The van der Waals surface area contributed by atoms with Gasteiger partial charge in [0, 0.05) is 6.08 Å². The Morgan fingerprint density at radius 2 is 1.65 bits per heavy atom. The number of carbonyl (C=O) groups is 3. The topological polar surface area (TPSA) is 93.7 Å². The van der Waals surface area contributed by atoms with E-state index < -0.39 is 17.8 Å². The zero-order chi connectivity index (χ0) is 22.1. The molecule has 0 unspecified atom stereocenters. The lowest BCUT2D eigenvalue weighted by atomic mass is 10.0. The maximum atomic E-state index is 12.0. The fourth-order valence-electron chi connectivity index (χ4n) is 2.82. The third-order valence-corrected chi connectivity index (χ3v) is 4.30. The lowest BCUT2D eigenvalue weighted by Gasteiger charge is -2.08. The molecule has 0 bridgehead atoms. The molecule has 3 aromatic rings. The maximum Gasteiger partial charge on any atom is 0.338 e. The monoisotopic (exact) mass is 418 g/mol. The summed E-state index contributed by atoms with van der Waals surface area (Å²) in [6.45, 7) is 1.72. The summed E-state index contributed by atoms with van der Waals surface area (Å²) in [5.74, 6) is -1.02. The SMILES string of the molecule is CCOC(=O)c1ccc(OCC(=O)NNC(=O)C=Cc2cccc3ccccc23)cc1. The van der Waals surface area contributed by atoms with Gasteiger partial charge in [-0.2, -0.15) is 0 Å². The van der Waals surface area contributed by atoms with Crippen LogP contribution < -0.4 is 15.6 Å². The minimum Gasteiger partial charge on any atom is -0.484 e. The molecule has 3 aromatic carbocycles. The number of nitrogens with one attached hydrogen (secondary N) is 2. The Kier molecular flexibility index (Phi) is 7.37. The molecule has 31 heavy (non-hydrogen) atoms. The fraction of sp³-hybridized carbons (Fsp3) is 0.125. The third kappa shape index (κ3) is 6.17. The van der Waals surface area contributed by atoms with Crippen LogP contribution in [0.25, 0.3) is 16.8 Å². The Labute approximate surface area is 179 Å². The van der Waals surface area contributed by atoms with E-state index in [4.69, 9.17) is 9.47 Å². The lowest BCUT2D eigenvalue weighted by Crippen LogP contribution is -2.43. The second-order valence-corrected chi connectivity index (χ2v) is 6.47. The van der Waals surface area contributed by atoms with E-state index in [1.54, 1.807) is 37.3 Å². The van der Waals surface area contributed by atoms with Crippen molar-refractivity contribution in [2.75, 3.05) is 13.2 Å². The summed E-state index contributed by atoms with van der Waals surface area (Å²) < 4.78 is 10.2. The van der Waals surface area contributed by atoms with E-state index in [9.17, 15) is 14.4 Å². The minimum atomic E-state index is -0.526. The van der Waals surface area contributed by atoms with Gasteiger partial charge in [0.25, 0.3) is 11.8 Å². The van der Waals surface area contributed by atoms with Gasteiger partial charge in [0.2, 0.25) is 0 Å². The first-order valence-electron chi connectivity index (χ1n) is 9.71. The van der Waals surface area contributed by atoms with Crippen molar-refractivity contribution in [3.05, 3.63) is 83.9 Å². The summed E-state index contributed by atoms with van der Waals surface area (Å²) in [5, 5.41) is 2.10. The van der Waals surface area contributed by atoms with Crippen LogP contribution in [0.4, 0.5) is 0 Å². The molecule has 0 atom stereocenters. The van der Waals surface area contributed by atoms with Crippen LogP contribution in [0.15, 0.2) is 72.8 Å². The summed E-state index contributed by atoms with van der Waals surface area (Å²) in [6.07, 6.45) is 3.03. The number of carbonyl (C=O) groups excluding carboxylic acids is 3. The van der Waals surface area contributed by atoms with E-state index >= 15 is 0 Å². The van der Waals surface area contributed by atoms with Crippen molar-refractivity contribution in [1.29, 1.82) is 0 Å². The highest BCUT2D eigenvalue weighted by Gasteiger charge is 2.08. The number of hydrazine groups is 1. The van der Waals surface area contributed by atoms with E-state index in [0.29, 0.717) is 17.9 Å². The predicted octanol–water partition coefficient (Wildman–Crippen LogP) is 3.26. The number of benzene rings is 3. The average molecular weight is 418 g/mol. The highest BCUT2D eigenvalue weighted by Crippen LogP contribution is 2.19. The molecule has 158 valence electrons. The zero-order valence-corrected chi connectivity index (χ0v) is 17.0. The van der Waals surface area contributed by atoms with Crippen molar-refractivity contribution < 1.29 is 23.9 Å². The largest absolute Gasteiger partial charge is 0.484 e. The number of fused-ring (bicyclic) bond motifs is 1. The molecule has 7 nitrogen and oxygen atoms in total. The molecule has 0 aliphatic heterocycles. The van der Waals surface area contributed by atoms with E-state index in [2.05, 4.69) is 10.9 Å². The summed E-state index contributed by atoms with van der Waals surface area (Å²) in [5.41, 5.74) is 5.88. The first-order valence-corrected chi connectivity index (χ1v) is 9.71. The van der Waals surface area contributed by atoms with Gasteiger partial charge in [-0.25, -0.2) is 4.79 Å². The van der Waals surface area contributed by atoms with Gasteiger partial charge >= 0.3 is 5.97 Å². The van der Waals surface area contributed by atoms with Gasteiger partial charge < -0.3 is 9.47 Å². The normalized spacial score (nSPS) is 10.6. The molecule has 0 aromatic heterocycles. The second kappa shape index (κ2) is 10.6. The van der Waals surface area contributed by atoms with Crippen LogP contribution in [0, 0.1) is 0 Å². The van der Waals surface area contributed by atoms with Gasteiger partial charge in [-0.3, -0.25) is 20.4 Å². The molecular formula is C24H22N2O5. The molecule has 0 heterocycles. The molecule has 0 saturated heterocycles. The van der Waals surface area contributed by atoms with Crippen molar-refractivity contribution in [3.8, 4) is 5.75 Å². The maximum absolute atomic E-state index is 12.0. The van der Waals surface area contributed by atoms with Gasteiger partial charge in [-0.1, -0.05) is 42.5 Å². The van der Waals surface area contributed by atoms with Crippen molar-refractivity contribution in [2.45, 2.75) is 6.92 Å². The third-order valence-electron chi connectivity index (χ3n) is 4.30. The van der Waals surface area contributed by atoms with Crippen molar-refractivity contribution in [1.82, 2.24) is 10.9 Å². The standard InChI is InChI=1S/C24H22N2O5/c1-2-30-24(29)19-10-13-20(14-11-19)31-16-23(28)26-25-22(27)15-12-18-8-5-7-17-6-3-4-9-21(17)18/h3-15H,2,16H2,1H3,(H,25,27)(H,26,28). The Bertz CT molecular complexity index is 1100. The van der Waals surface area contributed by atoms with E-state index in [1.165, 1.54) is 6.08 Å². The van der Waals surface area contributed by atoms with E-state index in [-0.39, 0.29) is 6.61 Å². The van der Waals surface area contributed by atoms with Crippen LogP contribution in [-0.2, 0) is 14.3 Å². The van der Waals surface area contributed by atoms with Crippen LogP contribution in [0.2, 0.25) is 0 Å².